The van der Waals surface area contributed by atoms with Gasteiger partial charge in [-0.05, 0) is 44.2 Å². The molecule has 3 aliphatic rings. The number of nitrogens with one attached hydrogen (secondary N) is 1. The Morgan fingerprint density at radius 1 is 1.13 bits per heavy atom. The summed E-state index contributed by atoms with van der Waals surface area (Å²) in [6.07, 6.45) is 4.89. The molecule has 2 bridgehead atoms. The van der Waals surface area contributed by atoms with Crippen molar-refractivity contribution < 1.29 is 14.5 Å². The number of anilines is 3. The number of nitrogens with zero attached hydrogens (tertiary/aromatic N) is 4. The molecule has 9 nitrogen and oxygen atoms in total. The molecule has 0 spiro atoms. The van der Waals surface area contributed by atoms with Crippen LogP contribution >= 0.6 is 0 Å². The third-order valence-corrected chi connectivity index (χ3v) is 6.68. The second-order valence-corrected chi connectivity index (χ2v) is 8.26. The average Bonchev–Trinajstić information content (AvgIpc) is 3.43. The minimum absolute atomic E-state index is 0.0916. The monoisotopic (exact) mass is 407 g/mol. The first-order valence-electron chi connectivity index (χ1n) is 9.89. The molecule has 4 atom stereocenters. The number of aromatic nitrogens is 2. The second kappa shape index (κ2) is 6.25. The quantitative estimate of drug-likeness (QED) is 0.361. The summed E-state index contributed by atoms with van der Waals surface area (Å²) in [6, 6.07) is 4.43. The van der Waals surface area contributed by atoms with Gasteiger partial charge in [-0.2, -0.15) is 5.10 Å². The van der Waals surface area contributed by atoms with Gasteiger partial charge in [0.25, 0.3) is 5.69 Å². The summed E-state index contributed by atoms with van der Waals surface area (Å²) in [5.41, 5.74) is 2.58. The fourth-order valence-corrected chi connectivity index (χ4v) is 5.16. The van der Waals surface area contributed by atoms with Crippen LogP contribution in [0.3, 0.4) is 0 Å². The Labute approximate surface area is 172 Å². The van der Waals surface area contributed by atoms with Crippen LogP contribution in [0, 0.1) is 47.6 Å². The van der Waals surface area contributed by atoms with Crippen LogP contribution in [-0.4, -0.2) is 26.5 Å². The number of fused-ring (bicyclic) bond motifs is 5. The van der Waals surface area contributed by atoms with Crippen molar-refractivity contribution in [3.8, 4) is 0 Å². The smallest absolute Gasteiger partial charge is 0.294 e. The van der Waals surface area contributed by atoms with Gasteiger partial charge in [-0.1, -0.05) is 12.2 Å². The van der Waals surface area contributed by atoms with E-state index in [1.807, 2.05) is 26.0 Å². The molecule has 2 aromatic rings. The van der Waals surface area contributed by atoms with Crippen LogP contribution in [0.5, 0.6) is 0 Å². The predicted molar refractivity (Wildman–Crippen MR) is 109 cm³/mol. The maximum atomic E-state index is 13.0. The fraction of sp³-hybridized carbons (Fsp3) is 0.381. The Morgan fingerprint density at radius 2 is 1.77 bits per heavy atom. The topological polar surface area (TPSA) is 110 Å². The van der Waals surface area contributed by atoms with Crippen molar-refractivity contribution >= 4 is 34.6 Å². The van der Waals surface area contributed by atoms with Crippen LogP contribution < -0.4 is 10.2 Å². The Balaban J connectivity index is 1.51. The lowest BCUT2D eigenvalue weighted by Crippen LogP contribution is -2.32. The van der Waals surface area contributed by atoms with E-state index in [4.69, 9.17) is 0 Å². The molecule has 30 heavy (non-hydrogen) atoms. The number of imide groups is 1. The average molecular weight is 407 g/mol. The number of carbonyl (C=O) groups excluding carboxylic acids is 2. The molecular weight excluding hydrogens is 386 g/mol. The van der Waals surface area contributed by atoms with E-state index in [1.165, 1.54) is 6.07 Å². The van der Waals surface area contributed by atoms with Gasteiger partial charge in [-0.3, -0.25) is 24.4 Å². The van der Waals surface area contributed by atoms with Gasteiger partial charge in [0.2, 0.25) is 11.8 Å². The molecule has 2 fully saturated rings. The molecule has 2 amide bonds. The summed E-state index contributed by atoms with van der Waals surface area (Å²) in [5.74, 6) is -1.01. The van der Waals surface area contributed by atoms with E-state index < -0.39 is 4.92 Å². The molecule has 1 aliphatic heterocycles. The number of carbonyl (C=O) groups is 2. The molecule has 9 heteroatoms. The summed E-state index contributed by atoms with van der Waals surface area (Å²) in [5, 5.41) is 19.2. The standard InChI is InChI=1S/C21H21N5O4/c1-10-19(11(2)24(3)23-10)22-15-7-6-14(9-16(15)26(29)30)25-20(27)17-12-4-5-13(8-12)18(17)21(25)28/h4-7,9,12-13,17-18,22H,8H2,1-3H3/t12-,13-,17-,18-/m0/s1. The van der Waals surface area contributed by atoms with E-state index in [0.29, 0.717) is 11.4 Å². The number of hydrogen-bond acceptors (Lipinski definition) is 6. The van der Waals surface area contributed by atoms with Gasteiger partial charge >= 0.3 is 0 Å². The normalized spacial score (nSPS) is 26.6. The first-order valence-corrected chi connectivity index (χ1v) is 9.89. The zero-order valence-electron chi connectivity index (χ0n) is 16.8. The van der Waals surface area contributed by atoms with Gasteiger partial charge in [-0.25, -0.2) is 4.90 Å². The van der Waals surface area contributed by atoms with Gasteiger partial charge in [0.05, 0.1) is 39.5 Å². The SMILES string of the molecule is Cc1nn(C)c(C)c1Nc1ccc(N2C(=O)[C@@H]3[C@@H](C2=O)[C@H]2C=C[C@H]3C2)cc1[N+](=O)[O-]. The van der Waals surface area contributed by atoms with E-state index in [0.717, 1.165) is 17.0 Å². The summed E-state index contributed by atoms with van der Waals surface area (Å²) >= 11 is 0. The second-order valence-electron chi connectivity index (χ2n) is 8.26. The van der Waals surface area contributed by atoms with Gasteiger partial charge in [0.15, 0.2) is 0 Å². The molecule has 1 saturated carbocycles. The third-order valence-electron chi connectivity index (χ3n) is 6.68. The van der Waals surface area contributed by atoms with Crippen molar-refractivity contribution in [3.63, 3.8) is 0 Å². The lowest BCUT2D eigenvalue weighted by atomic mass is 9.85. The van der Waals surface area contributed by atoms with Crippen LogP contribution in [0.25, 0.3) is 0 Å². The van der Waals surface area contributed by atoms with Crippen LogP contribution in [-0.2, 0) is 16.6 Å². The number of nitro benzene ring substituents is 1. The van der Waals surface area contributed by atoms with Gasteiger partial charge in [0, 0.05) is 13.1 Å². The maximum absolute atomic E-state index is 13.0. The molecule has 1 N–H and O–H groups in total. The van der Waals surface area contributed by atoms with Gasteiger partial charge < -0.3 is 5.32 Å². The molecule has 2 aliphatic carbocycles. The Morgan fingerprint density at radius 3 is 2.30 bits per heavy atom. The van der Waals surface area contributed by atoms with Crippen molar-refractivity contribution in [2.75, 3.05) is 10.2 Å². The van der Waals surface area contributed by atoms with E-state index >= 15 is 0 Å². The summed E-state index contributed by atoms with van der Waals surface area (Å²) in [6.45, 7) is 3.68. The first kappa shape index (κ1) is 18.5. The van der Waals surface area contributed by atoms with E-state index in [1.54, 1.807) is 23.9 Å². The van der Waals surface area contributed by atoms with Crippen LogP contribution in [0.2, 0.25) is 0 Å². The van der Waals surface area contributed by atoms with Gasteiger partial charge in [0.1, 0.15) is 5.69 Å². The van der Waals surface area contributed by atoms with Crippen molar-refractivity contribution in [3.05, 3.63) is 51.9 Å². The summed E-state index contributed by atoms with van der Waals surface area (Å²) < 4.78 is 1.69. The molecule has 1 saturated heterocycles. The fourth-order valence-electron chi connectivity index (χ4n) is 5.16. The van der Waals surface area contributed by atoms with E-state index in [-0.39, 0.29) is 52.5 Å². The number of nitro groups is 1. The molecule has 0 radical (unpaired) electrons. The number of hydrogen-bond donors (Lipinski definition) is 1. The lowest BCUT2D eigenvalue weighted by molar-refractivity contribution is -0.383. The van der Waals surface area contributed by atoms with Crippen LogP contribution in [0.4, 0.5) is 22.7 Å². The molecule has 0 unspecified atom stereocenters. The molecular formula is C21H21N5O4. The summed E-state index contributed by atoms with van der Waals surface area (Å²) in [4.78, 5) is 38.4. The third kappa shape index (κ3) is 2.44. The first-order chi connectivity index (χ1) is 14.3. The minimum Gasteiger partial charge on any atom is -0.347 e. The van der Waals surface area contributed by atoms with Crippen molar-refractivity contribution in [1.82, 2.24) is 9.78 Å². The molecule has 2 heterocycles. The maximum Gasteiger partial charge on any atom is 0.294 e. The van der Waals surface area contributed by atoms with Crippen LogP contribution in [0.15, 0.2) is 30.4 Å². The lowest BCUT2D eigenvalue weighted by Gasteiger charge is -2.18. The minimum atomic E-state index is -0.510. The summed E-state index contributed by atoms with van der Waals surface area (Å²) in [7, 11) is 1.80. The largest absolute Gasteiger partial charge is 0.347 e. The zero-order chi connectivity index (χ0) is 21.3. The highest BCUT2D eigenvalue weighted by atomic mass is 16.6. The Hall–Kier alpha value is -3.49. The molecule has 1 aromatic carbocycles. The highest BCUT2D eigenvalue weighted by Gasteiger charge is 2.59. The molecule has 1 aromatic heterocycles. The number of amides is 2. The molecule has 5 rings (SSSR count). The number of aryl methyl sites for hydroxylation is 2. The number of allylic oxidation sites excluding steroid dienone is 2. The van der Waals surface area contributed by atoms with Crippen molar-refractivity contribution in [2.24, 2.45) is 30.7 Å². The van der Waals surface area contributed by atoms with Crippen LogP contribution in [0.1, 0.15) is 17.8 Å². The van der Waals surface area contributed by atoms with Gasteiger partial charge in [-0.15, -0.1) is 0 Å². The molecule has 154 valence electrons. The van der Waals surface area contributed by atoms with E-state index in [9.17, 15) is 19.7 Å². The predicted octanol–water partition coefficient (Wildman–Crippen LogP) is 3.00. The number of benzene rings is 1. The Kier molecular flexibility index (Phi) is 3.86. The van der Waals surface area contributed by atoms with E-state index in [2.05, 4.69) is 10.4 Å². The Bertz CT molecular complexity index is 1120. The highest BCUT2D eigenvalue weighted by molar-refractivity contribution is 6.23. The zero-order valence-corrected chi connectivity index (χ0v) is 16.8. The van der Waals surface area contributed by atoms with Crippen molar-refractivity contribution in [1.29, 1.82) is 0 Å². The van der Waals surface area contributed by atoms with Crippen molar-refractivity contribution in [2.45, 2.75) is 20.3 Å². The highest BCUT2D eigenvalue weighted by Crippen LogP contribution is 2.53. The number of rotatable bonds is 4.